The molecule has 0 saturated carbocycles. The molecule has 0 radical (unpaired) electrons. The fourth-order valence-electron chi connectivity index (χ4n) is 1.11. The van der Waals surface area contributed by atoms with Gasteiger partial charge in [0.2, 0.25) is 5.82 Å². The molecule has 0 aromatic carbocycles. The molecule has 2 heterocycles. The van der Waals surface area contributed by atoms with Crippen molar-refractivity contribution in [1.29, 1.82) is 0 Å². The second kappa shape index (κ2) is 5.09. The van der Waals surface area contributed by atoms with Gasteiger partial charge in [0.1, 0.15) is 0 Å². The van der Waals surface area contributed by atoms with Crippen LogP contribution in [0, 0.1) is 0 Å². The number of aromatic nitrogens is 3. The van der Waals surface area contributed by atoms with E-state index in [9.17, 15) is 4.79 Å². The van der Waals surface area contributed by atoms with Crippen molar-refractivity contribution in [2.24, 2.45) is 0 Å². The zero-order valence-electron chi connectivity index (χ0n) is 9.06. The van der Waals surface area contributed by atoms with Crippen LogP contribution in [0.4, 0.5) is 0 Å². The zero-order valence-corrected chi connectivity index (χ0v) is 9.06. The first kappa shape index (κ1) is 11.2. The highest BCUT2D eigenvalue weighted by Crippen LogP contribution is 2.01. The van der Waals surface area contributed by atoms with Crippen molar-refractivity contribution >= 4 is 11.6 Å². The van der Waals surface area contributed by atoms with E-state index in [2.05, 4.69) is 15.5 Å². The lowest BCUT2D eigenvalue weighted by atomic mass is 10.4. The Morgan fingerprint density at radius 3 is 2.73 bits per heavy atom. The minimum atomic E-state index is -0.237. The fourth-order valence-corrected chi connectivity index (χ4v) is 1.11. The molecule has 0 spiro atoms. The fraction of sp³-hybridized carbons (Fsp3) is 0.300. The average Bonchev–Trinajstić information content (AvgIpc) is 2.74. The number of carbonyl (C=O) groups excluding carboxylic acids is 1. The Morgan fingerprint density at radius 2 is 2.07 bits per heavy atom. The summed E-state index contributed by atoms with van der Waals surface area (Å²) in [6.45, 7) is 4.00. The van der Waals surface area contributed by atoms with Gasteiger partial charge in [-0.2, -0.15) is 0 Å². The molecule has 1 amide bonds. The monoisotopic (exact) mass is 206 g/mol. The smallest absolute Gasteiger partial charge is 0.289 e. The van der Waals surface area contributed by atoms with Crippen molar-refractivity contribution in [3.63, 3.8) is 0 Å². The van der Waals surface area contributed by atoms with Crippen LogP contribution in [0.2, 0.25) is 0 Å². The largest absolute Gasteiger partial charge is 0.352 e. The third-order valence-corrected chi connectivity index (χ3v) is 1.74. The minimum Gasteiger partial charge on any atom is -0.352 e. The molecule has 2 rings (SSSR count). The van der Waals surface area contributed by atoms with Gasteiger partial charge in [-0.25, -0.2) is 0 Å². The Bertz CT molecular complexity index is 449. The molecule has 0 aliphatic carbocycles. The number of nitrogens with one attached hydrogen (secondary N) is 1. The predicted molar refractivity (Wildman–Crippen MR) is 57.7 cm³/mol. The molecule has 0 bridgehead atoms. The Hall–Kier alpha value is -1.91. The van der Waals surface area contributed by atoms with E-state index in [4.69, 9.17) is 0 Å². The second-order valence-corrected chi connectivity index (χ2v) is 2.53. The number of hydrogen-bond acceptors (Lipinski definition) is 3. The van der Waals surface area contributed by atoms with Crippen LogP contribution in [-0.2, 0) is 0 Å². The van der Waals surface area contributed by atoms with Gasteiger partial charge in [0.05, 0.1) is 0 Å². The van der Waals surface area contributed by atoms with Crippen LogP contribution < -0.4 is 5.32 Å². The molecule has 80 valence electrons. The molecular weight excluding hydrogens is 192 g/mol. The summed E-state index contributed by atoms with van der Waals surface area (Å²) >= 11 is 0. The van der Waals surface area contributed by atoms with Gasteiger partial charge in [-0.3, -0.25) is 9.20 Å². The van der Waals surface area contributed by atoms with Crippen molar-refractivity contribution in [3.05, 3.63) is 30.2 Å². The SMILES string of the molecule is CC.CNC(=O)c1nnc2ccccn12. The van der Waals surface area contributed by atoms with Crippen LogP contribution in [0.15, 0.2) is 24.4 Å². The van der Waals surface area contributed by atoms with E-state index in [1.807, 2.05) is 26.0 Å². The molecule has 0 fully saturated rings. The van der Waals surface area contributed by atoms with Crippen molar-refractivity contribution in [1.82, 2.24) is 19.9 Å². The van der Waals surface area contributed by atoms with Gasteiger partial charge in [0, 0.05) is 13.2 Å². The number of hydrogen-bond donors (Lipinski definition) is 1. The molecule has 0 aliphatic heterocycles. The summed E-state index contributed by atoms with van der Waals surface area (Å²) in [7, 11) is 1.56. The van der Waals surface area contributed by atoms with Crippen molar-refractivity contribution < 1.29 is 4.79 Å². The summed E-state index contributed by atoms with van der Waals surface area (Å²) in [5.74, 6) is 0.0665. The predicted octanol–water partition coefficient (Wildman–Crippen LogP) is 1.12. The summed E-state index contributed by atoms with van der Waals surface area (Å²) in [6.07, 6.45) is 1.75. The number of carbonyl (C=O) groups is 1. The van der Waals surface area contributed by atoms with Gasteiger partial charge in [-0.05, 0) is 12.1 Å². The molecule has 5 nitrogen and oxygen atoms in total. The highest BCUT2D eigenvalue weighted by atomic mass is 16.2. The topological polar surface area (TPSA) is 59.3 Å². The maximum absolute atomic E-state index is 11.3. The molecule has 0 aliphatic rings. The molecule has 0 unspecified atom stereocenters. The summed E-state index contributed by atoms with van der Waals surface area (Å²) in [5, 5.41) is 10.1. The van der Waals surface area contributed by atoms with Gasteiger partial charge in [0.25, 0.3) is 5.91 Å². The van der Waals surface area contributed by atoms with Gasteiger partial charge in [0.15, 0.2) is 5.65 Å². The first-order valence-corrected chi connectivity index (χ1v) is 4.85. The minimum absolute atomic E-state index is 0.237. The second-order valence-electron chi connectivity index (χ2n) is 2.53. The van der Waals surface area contributed by atoms with Crippen LogP contribution >= 0.6 is 0 Å². The first-order chi connectivity index (χ1) is 7.33. The average molecular weight is 206 g/mol. The molecule has 5 heteroatoms. The highest BCUT2D eigenvalue weighted by Gasteiger charge is 2.10. The van der Waals surface area contributed by atoms with E-state index in [-0.39, 0.29) is 5.91 Å². The lowest BCUT2D eigenvalue weighted by Gasteiger charge is -1.96. The highest BCUT2D eigenvalue weighted by molar-refractivity contribution is 5.91. The lowest BCUT2D eigenvalue weighted by molar-refractivity contribution is 0.0951. The summed E-state index contributed by atoms with van der Waals surface area (Å²) in [6, 6.07) is 5.46. The van der Waals surface area contributed by atoms with Crippen LogP contribution in [0.3, 0.4) is 0 Å². The molecule has 0 saturated heterocycles. The van der Waals surface area contributed by atoms with E-state index in [0.29, 0.717) is 11.5 Å². The lowest BCUT2D eigenvalue weighted by Crippen LogP contribution is -2.20. The summed E-state index contributed by atoms with van der Waals surface area (Å²) < 4.78 is 1.64. The van der Waals surface area contributed by atoms with Crippen LogP contribution in [0.25, 0.3) is 5.65 Å². The standard InChI is InChI=1S/C8H8N4O.C2H6/c1-9-8(13)7-11-10-6-4-2-3-5-12(6)7;1-2/h2-5H,1H3,(H,9,13);1-2H3. The number of amides is 1. The van der Waals surface area contributed by atoms with Crippen molar-refractivity contribution in [2.45, 2.75) is 13.8 Å². The molecule has 1 N–H and O–H groups in total. The quantitative estimate of drug-likeness (QED) is 0.760. The van der Waals surface area contributed by atoms with E-state index in [1.165, 1.54) is 0 Å². The summed E-state index contributed by atoms with van der Waals surface area (Å²) in [4.78, 5) is 11.3. The third kappa shape index (κ3) is 2.12. The molecule has 0 atom stereocenters. The van der Waals surface area contributed by atoms with Crippen molar-refractivity contribution in [2.75, 3.05) is 7.05 Å². The number of fused-ring (bicyclic) bond motifs is 1. The summed E-state index contributed by atoms with van der Waals surface area (Å²) in [5.41, 5.74) is 0.668. The Labute approximate surface area is 88.1 Å². The van der Waals surface area contributed by atoms with Gasteiger partial charge >= 0.3 is 0 Å². The van der Waals surface area contributed by atoms with Gasteiger partial charge < -0.3 is 5.32 Å². The Morgan fingerprint density at radius 1 is 1.33 bits per heavy atom. The van der Waals surface area contributed by atoms with Crippen LogP contribution in [0.5, 0.6) is 0 Å². The van der Waals surface area contributed by atoms with E-state index >= 15 is 0 Å². The maximum Gasteiger partial charge on any atom is 0.289 e. The van der Waals surface area contributed by atoms with Crippen LogP contribution in [-0.4, -0.2) is 27.6 Å². The normalized spacial score (nSPS) is 9.27. The van der Waals surface area contributed by atoms with Gasteiger partial charge in [-0.1, -0.05) is 19.9 Å². The van der Waals surface area contributed by atoms with E-state index in [1.54, 1.807) is 23.7 Å². The van der Waals surface area contributed by atoms with E-state index in [0.717, 1.165) is 0 Å². The van der Waals surface area contributed by atoms with Crippen LogP contribution in [0.1, 0.15) is 24.5 Å². The number of nitrogens with zero attached hydrogens (tertiary/aromatic N) is 3. The molecule has 15 heavy (non-hydrogen) atoms. The number of rotatable bonds is 1. The van der Waals surface area contributed by atoms with E-state index < -0.39 is 0 Å². The first-order valence-electron chi connectivity index (χ1n) is 4.85. The molecule has 2 aromatic rings. The Kier molecular flexibility index (Phi) is 3.79. The van der Waals surface area contributed by atoms with Gasteiger partial charge in [-0.15, -0.1) is 10.2 Å². The third-order valence-electron chi connectivity index (χ3n) is 1.74. The molecule has 2 aromatic heterocycles. The molecular formula is C10H14N4O. The Balaban J connectivity index is 0.000000531. The number of pyridine rings is 1. The maximum atomic E-state index is 11.3. The zero-order chi connectivity index (χ0) is 11.3. The van der Waals surface area contributed by atoms with Crippen molar-refractivity contribution in [3.8, 4) is 0 Å².